The molecule has 1 amide bonds. The van der Waals surface area contributed by atoms with Gasteiger partial charge in [0.25, 0.3) is 0 Å². The summed E-state index contributed by atoms with van der Waals surface area (Å²) in [6.07, 6.45) is -1.78. The number of ether oxygens (including phenoxy) is 1. The van der Waals surface area contributed by atoms with Gasteiger partial charge in [0, 0.05) is 30.1 Å². The number of aliphatic hydroxyl groups excluding tert-OH is 2. The molecular formula is C20H19F3N2O4. The summed E-state index contributed by atoms with van der Waals surface area (Å²) in [7, 11) is 0. The van der Waals surface area contributed by atoms with Gasteiger partial charge < -0.3 is 25.3 Å². The zero-order valence-corrected chi connectivity index (χ0v) is 15.2. The van der Waals surface area contributed by atoms with Gasteiger partial charge in [0.15, 0.2) is 0 Å². The topological polar surface area (TPSA) is 94.6 Å². The molecular weight excluding hydrogens is 389 g/mol. The van der Waals surface area contributed by atoms with Crippen LogP contribution in [-0.4, -0.2) is 47.2 Å². The molecule has 0 saturated heterocycles. The summed E-state index contributed by atoms with van der Waals surface area (Å²) >= 11 is 0. The maximum Gasteiger partial charge on any atom is 0.407 e. The Bertz CT molecular complexity index is 1010. The average Bonchev–Trinajstić information content (AvgIpc) is 3.05. The number of amides is 1. The van der Waals surface area contributed by atoms with E-state index in [1.807, 2.05) is 0 Å². The number of halogens is 3. The van der Waals surface area contributed by atoms with E-state index in [2.05, 4.69) is 10.3 Å². The number of benzene rings is 2. The highest BCUT2D eigenvalue weighted by atomic mass is 19.1. The minimum absolute atomic E-state index is 0.0937. The maximum atomic E-state index is 14.2. The molecule has 9 heteroatoms. The maximum absolute atomic E-state index is 14.2. The Hall–Kier alpha value is -3.04. The van der Waals surface area contributed by atoms with E-state index in [9.17, 15) is 23.1 Å². The van der Waals surface area contributed by atoms with Gasteiger partial charge in [-0.3, -0.25) is 0 Å². The molecule has 0 saturated carbocycles. The van der Waals surface area contributed by atoms with Gasteiger partial charge in [-0.25, -0.2) is 18.0 Å². The predicted molar refractivity (Wildman–Crippen MR) is 99.8 cm³/mol. The van der Waals surface area contributed by atoms with Crippen molar-refractivity contribution in [2.24, 2.45) is 0 Å². The lowest BCUT2D eigenvalue weighted by atomic mass is 10.0. The van der Waals surface area contributed by atoms with Gasteiger partial charge in [-0.05, 0) is 41.5 Å². The molecule has 4 N–H and O–H groups in total. The molecule has 1 aromatic heterocycles. The third-order valence-corrected chi connectivity index (χ3v) is 4.34. The van der Waals surface area contributed by atoms with Crippen LogP contribution in [0.5, 0.6) is 0 Å². The van der Waals surface area contributed by atoms with Crippen molar-refractivity contribution in [2.45, 2.75) is 12.5 Å². The summed E-state index contributed by atoms with van der Waals surface area (Å²) in [5.41, 5.74) is 1.63. The molecule has 0 bridgehead atoms. The first-order chi connectivity index (χ1) is 13.9. The average molecular weight is 408 g/mol. The van der Waals surface area contributed by atoms with Crippen molar-refractivity contribution in [3.8, 4) is 11.3 Å². The van der Waals surface area contributed by atoms with E-state index in [1.165, 1.54) is 30.3 Å². The van der Waals surface area contributed by atoms with E-state index < -0.39 is 36.3 Å². The quantitative estimate of drug-likeness (QED) is 0.484. The first kappa shape index (κ1) is 20.7. The van der Waals surface area contributed by atoms with Gasteiger partial charge in [-0.2, -0.15) is 0 Å². The molecule has 6 nitrogen and oxygen atoms in total. The normalized spacial score (nSPS) is 12.2. The number of nitrogens with one attached hydrogen (secondary N) is 2. The van der Waals surface area contributed by atoms with Crippen LogP contribution in [0.2, 0.25) is 0 Å². The van der Waals surface area contributed by atoms with Crippen molar-refractivity contribution in [3.05, 3.63) is 59.4 Å². The number of aliphatic hydroxyl groups is 2. The Morgan fingerprint density at radius 1 is 1.14 bits per heavy atom. The fourth-order valence-electron chi connectivity index (χ4n) is 2.96. The largest absolute Gasteiger partial charge is 0.449 e. The first-order valence-corrected chi connectivity index (χ1v) is 8.84. The van der Waals surface area contributed by atoms with Gasteiger partial charge in [-0.15, -0.1) is 0 Å². The molecule has 0 aliphatic heterocycles. The van der Waals surface area contributed by atoms with E-state index in [-0.39, 0.29) is 25.1 Å². The molecule has 0 fully saturated rings. The van der Waals surface area contributed by atoms with Crippen LogP contribution < -0.4 is 5.32 Å². The fraction of sp³-hybridized carbons (Fsp3) is 0.250. The third kappa shape index (κ3) is 4.87. The predicted octanol–water partition coefficient (Wildman–Crippen LogP) is 2.87. The van der Waals surface area contributed by atoms with Crippen molar-refractivity contribution in [1.29, 1.82) is 0 Å². The molecule has 1 heterocycles. The summed E-state index contributed by atoms with van der Waals surface area (Å²) in [4.78, 5) is 14.6. The monoisotopic (exact) mass is 408 g/mol. The highest BCUT2D eigenvalue weighted by Crippen LogP contribution is 2.32. The molecule has 0 radical (unpaired) electrons. The van der Waals surface area contributed by atoms with Crippen molar-refractivity contribution in [2.75, 3.05) is 19.8 Å². The van der Waals surface area contributed by atoms with E-state index in [1.54, 1.807) is 0 Å². The molecule has 0 unspecified atom stereocenters. The lowest BCUT2D eigenvalue weighted by Gasteiger charge is -2.10. The molecule has 29 heavy (non-hydrogen) atoms. The van der Waals surface area contributed by atoms with E-state index in [0.717, 1.165) is 6.07 Å². The highest BCUT2D eigenvalue weighted by molar-refractivity contribution is 5.91. The zero-order chi connectivity index (χ0) is 21.0. The number of carbonyl (C=O) groups is 1. The van der Waals surface area contributed by atoms with Crippen LogP contribution in [0.15, 0.2) is 36.4 Å². The van der Waals surface area contributed by atoms with Gasteiger partial charge in [0.1, 0.15) is 17.5 Å². The molecule has 2 aromatic carbocycles. The Morgan fingerprint density at radius 2 is 1.86 bits per heavy atom. The summed E-state index contributed by atoms with van der Waals surface area (Å²) < 4.78 is 46.2. The second-order valence-electron chi connectivity index (χ2n) is 6.40. The van der Waals surface area contributed by atoms with Crippen LogP contribution in [-0.2, 0) is 11.2 Å². The number of hydrogen-bond donors (Lipinski definition) is 4. The number of aromatic nitrogens is 1. The molecule has 0 aliphatic rings. The number of alkyl carbamates (subject to hydrolysis) is 1. The van der Waals surface area contributed by atoms with Gasteiger partial charge in [-0.1, -0.05) is 0 Å². The van der Waals surface area contributed by atoms with Gasteiger partial charge in [0.05, 0.1) is 24.8 Å². The summed E-state index contributed by atoms with van der Waals surface area (Å²) in [6, 6.07) is 7.43. The highest BCUT2D eigenvalue weighted by Gasteiger charge is 2.18. The lowest BCUT2D eigenvalue weighted by Crippen LogP contribution is -2.34. The molecule has 0 spiro atoms. The van der Waals surface area contributed by atoms with Crippen molar-refractivity contribution in [1.82, 2.24) is 10.3 Å². The van der Waals surface area contributed by atoms with Crippen molar-refractivity contribution >= 4 is 17.0 Å². The zero-order valence-electron chi connectivity index (χ0n) is 15.2. The second kappa shape index (κ2) is 8.97. The Balaban J connectivity index is 1.84. The molecule has 3 aromatic rings. The number of hydrogen-bond acceptors (Lipinski definition) is 4. The number of aromatic amines is 1. The van der Waals surface area contributed by atoms with E-state index in [4.69, 9.17) is 9.84 Å². The van der Waals surface area contributed by atoms with Crippen LogP contribution >= 0.6 is 0 Å². The summed E-state index contributed by atoms with van der Waals surface area (Å²) in [6.45, 7) is -0.798. The SMILES string of the molecule is O=C(NC[C@H](O)CO)OCCc1c(-c2ccc(F)cc2)[nH]c2c(F)cc(F)cc12. The van der Waals surface area contributed by atoms with Crippen LogP contribution in [0.25, 0.3) is 22.2 Å². The van der Waals surface area contributed by atoms with Crippen molar-refractivity contribution < 1.29 is 32.9 Å². The fourth-order valence-corrected chi connectivity index (χ4v) is 2.96. The van der Waals surface area contributed by atoms with Crippen LogP contribution in [0.1, 0.15) is 5.56 Å². The molecule has 3 rings (SSSR count). The minimum atomic E-state index is -1.10. The summed E-state index contributed by atoms with van der Waals surface area (Å²) in [5, 5.41) is 20.5. The van der Waals surface area contributed by atoms with Gasteiger partial charge in [0.2, 0.25) is 0 Å². The number of H-pyrrole nitrogens is 1. The third-order valence-electron chi connectivity index (χ3n) is 4.34. The van der Waals surface area contributed by atoms with Gasteiger partial charge >= 0.3 is 6.09 Å². The van der Waals surface area contributed by atoms with Crippen LogP contribution in [0.3, 0.4) is 0 Å². The second-order valence-corrected chi connectivity index (χ2v) is 6.40. The summed E-state index contributed by atoms with van der Waals surface area (Å²) in [5.74, 6) is -1.96. The first-order valence-electron chi connectivity index (χ1n) is 8.84. The minimum Gasteiger partial charge on any atom is -0.449 e. The number of fused-ring (bicyclic) bond motifs is 1. The van der Waals surface area contributed by atoms with Crippen LogP contribution in [0, 0.1) is 17.5 Å². The molecule has 154 valence electrons. The van der Waals surface area contributed by atoms with Crippen LogP contribution in [0.4, 0.5) is 18.0 Å². The smallest absolute Gasteiger partial charge is 0.407 e. The van der Waals surface area contributed by atoms with E-state index >= 15 is 0 Å². The standard InChI is InChI=1S/C20H19F3N2O4/c21-12-3-1-11(2-4-12)18-15(5-6-29-20(28)24-9-14(27)10-26)16-7-13(22)8-17(23)19(16)25-18/h1-4,7-8,14,25-27H,5-6,9-10H2,(H,24,28)/t14-/m0/s1. The Morgan fingerprint density at radius 3 is 2.55 bits per heavy atom. The van der Waals surface area contributed by atoms with Crippen molar-refractivity contribution in [3.63, 3.8) is 0 Å². The Labute approximate surface area is 163 Å². The molecule has 0 aliphatic carbocycles. The molecule has 1 atom stereocenters. The van der Waals surface area contributed by atoms with E-state index in [0.29, 0.717) is 22.2 Å². The number of carbonyl (C=O) groups excluding carboxylic acids is 1. The Kier molecular flexibility index (Phi) is 6.40. The number of rotatable bonds is 7. The lowest BCUT2D eigenvalue weighted by molar-refractivity contribution is 0.0888.